The van der Waals surface area contributed by atoms with Gasteiger partial charge in [-0.15, -0.1) is 11.3 Å². The molecule has 1 fully saturated rings. The molecule has 2 N–H and O–H groups in total. The molecule has 0 aliphatic carbocycles. The Morgan fingerprint density at radius 1 is 1.40 bits per heavy atom. The summed E-state index contributed by atoms with van der Waals surface area (Å²) >= 11 is 1.41. The molecule has 3 rings (SSSR count). The Morgan fingerprint density at radius 2 is 2.20 bits per heavy atom. The topological polar surface area (TPSA) is 54.0 Å². The summed E-state index contributed by atoms with van der Waals surface area (Å²) in [5.74, 6) is -0.629. The molecule has 1 atom stereocenters. The summed E-state index contributed by atoms with van der Waals surface area (Å²) in [5.41, 5.74) is 1.39. The van der Waals surface area contributed by atoms with Gasteiger partial charge < -0.3 is 5.32 Å². The van der Waals surface area contributed by atoms with Crippen molar-refractivity contribution in [1.29, 1.82) is 0 Å². The number of amides is 1. The molecule has 0 saturated carbocycles. The lowest BCUT2D eigenvalue weighted by Gasteiger charge is -2.05. The highest BCUT2D eigenvalue weighted by molar-refractivity contribution is 7.14. The summed E-state index contributed by atoms with van der Waals surface area (Å²) in [7, 11) is 0. The Labute approximate surface area is 120 Å². The van der Waals surface area contributed by atoms with Gasteiger partial charge in [-0.25, -0.2) is 9.37 Å². The third-order valence-corrected chi connectivity index (χ3v) is 4.04. The second kappa shape index (κ2) is 5.68. The standard InChI is InChI=1S/C14H14FN3OS/c15-10-5-3-9(4-6-10)13(19)18-14-17-12(8-20-14)11-2-1-7-16-11/h3-6,8,11,16H,1-2,7H2,(H,17,18,19)/t11-/m0/s1. The molecular formula is C14H14FN3OS. The largest absolute Gasteiger partial charge is 0.309 e. The van der Waals surface area contributed by atoms with E-state index in [1.165, 1.54) is 35.6 Å². The van der Waals surface area contributed by atoms with Crippen LogP contribution in [-0.4, -0.2) is 17.4 Å². The van der Waals surface area contributed by atoms with Gasteiger partial charge in [-0.3, -0.25) is 10.1 Å². The minimum absolute atomic E-state index is 0.273. The number of nitrogens with zero attached hydrogens (tertiary/aromatic N) is 1. The number of thiazole rings is 1. The summed E-state index contributed by atoms with van der Waals surface area (Å²) in [5, 5.41) is 8.64. The number of hydrogen-bond acceptors (Lipinski definition) is 4. The fourth-order valence-corrected chi connectivity index (χ4v) is 2.97. The predicted molar refractivity (Wildman–Crippen MR) is 76.4 cm³/mol. The molecule has 104 valence electrons. The molecule has 4 nitrogen and oxygen atoms in total. The second-order valence-electron chi connectivity index (χ2n) is 4.69. The van der Waals surface area contributed by atoms with Gasteiger partial charge in [0.25, 0.3) is 5.91 Å². The van der Waals surface area contributed by atoms with Crippen LogP contribution in [0.1, 0.15) is 34.9 Å². The number of hydrogen-bond donors (Lipinski definition) is 2. The number of nitrogens with one attached hydrogen (secondary N) is 2. The van der Waals surface area contributed by atoms with Crippen LogP contribution in [0.15, 0.2) is 29.6 Å². The first-order chi connectivity index (χ1) is 9.72. The van der Waals surface area contributed by atoms with Crippen LogP contribution in [0.5, 0.6) is 0 Å². The highest BCUT2D eigenvalue weighted by Crippen LogP contribution is 2.26. The number of rotatable bonds is 3. The maximum absolute atomic E-state index is 12.8. The van der Waals surface area contributed by atoms with Gasteiger partial charge in [0.2, 0.25) is 0 Å². The summed E-state index contributed by atoms with van der Waals surface area (Å²) in [4.78, 5) is 16.4. The van der Waals surface area contributed by atoms with Gasteiger partial charge in [-0.05, 0) is 43.7 Å². The Kier molecular flexibility index (Phi) is 3.75. The Bertz CT molecular complexity index is 605. The Morgan fingerprint density at radius 3 is 2.90 bits per heavy atom. The number of benzene rings is 1. The highest BCUT2D eigenvalue weighted by Gasteiger charge is 2.19. The fraction of sp³-hybridized carbons (Fsp3) is 0.286. The third-order valence-electron chi connectivity index (χ3n) is 3.27. The van der Waals surface area contributed by atoms with Gasteiger partial charge in [0.15, 0.2) is 5.13 Å². The maximum atomic E-state index is 12.8. The Hall–Kier alpha value is -1.79. The summed E-state index contributed by atoms with van der Waals surface area (Å²) in [6, 6.07) is 5.74. The zero-order valence-electron chi connectivity index (χ0n) is 10.7. The van der Waals surface area contributed by atoms with Gasteiger partial charge in [0.05, 0.1) is 11.7 Å². The molecule has 0 unspecified atom stereocenters. The molecule has 20 heavy (non-hydrogen) atoms. The van der Waals surface area contributed by atoms with Crippen LogP contribution in [0.2, 0.25) is 0 Å². The number of carbonyl (C=O) groups is 1. The van der Waals surface area contributed by atoms with Crippen molar-refractivity contribution in [3.8, 4) is 0 Å². The molecule has 1 aromatic carbocycles. The minimum atomic E-state index is -0.356. The van der Waals surface area contributed by atoms with E-state index in [0.717, 1.165) is 25.1 Å². The van der Waals surface area contributed by atoms with Crippen molar-refractivity contribution >= 4 is 22.4 Å². The first-order valence-corrected chi connectivity index (χ1v) is 7.36. The molecule has 0 radical (unpaired) electrons. The first kappa shape index (κ1) is 13.2. The van der Waals surface area contributed by atoms with E-state index in [1.807, 2.05) is 5.38 Å². The number of aromatic nitrogens is 1. The van der Waals surface area contributed by atoms with Gasteiger partial charge >= 0.3 is 0 Å². The van der Waals surface area contributed by atoms with Crippen molar-refractivity contribution in [1.82, 2.24) is 10.3 Å². The van der Waals surface area contributed by atoms with E-state index in [-0.39, 0.29) is 11.7 Å². The average molecular weight is 291 g/mol. The number of halogens is 1. The van der Waals surface area contributed by atoms with Crippen LogP contribution in [-0.2, 0) is 0 Å². The lowest BCUT2D eigenvalue weighted by Crippen LogP contribution is -2.14. The molecule has 0 bridgehead atoms. The highest BCUT2D eigenvalue weighted by atomic mass is 32.1. The normalized spacial score (nSPS) is 18.1. The van der Waals surface area contributed by atoms with Crippen LogP contribution in [0.4, 0.5) is 9.52 Å². The second-order valence-corrected chi connectivity index (χ2v) is 5.55. The minimum Gasteiger partial charge on any atom is -0.309 e. The van der Waals surface area contributed by atoms with E-state index < -0.39 is 0 Å². The maximum Gasteiger partial charge on any atom is 0.257 e. The van der Waals surface area contributed by atoms with E-state index in [4.69, 9.17) is 0 Å². The van der Waals surface area contributed by atoms with Crippen molar-refractivity contribution in [3.63, 3.8) is 0 Å². The summed E-state index contributed by atoms with van der Waals surface area (Å²) < 4.78 is 12.8. The summed E-state index contributed by atoms with van der Waals surface area (Å²) in [6.45, 7) is 1.01. The van der Waals surface area contributed by atoms with E-state index >= 15 is 0 Å². The lowest BCUT2D eigenvalue weighted by atomic mass is 10.2. The van der Waals surface area contributed by atoms with Gasteiger partial charge in [0.1, 0.15) is 5.82 Å². The van der Waals surface area contributed by atoms with Crippen molar-refractivity contribution in [2.24, 2.45) is 0 Å². The monoisotopic (exact) mass is 291 g/mol. The molecular weight excluding hydrogens is 277 g/mol. The molecule has 2 heterocycles. The van der Waals surface area contributed by atoms with Crippen LogP contribution in [0.3, 0.4) is 0 Å². The lowest BCUT2D eigenvalue weighted by molar-refractivity contribution is 0.102. The zero-order chi connectivity index (χ0) is 13.9. The van der Waals surface area contributed by atoms with E-state index in [1.54, 1.807) is 0 Å². The number of anilines is 1. The van der Waals surface area contributed by atoms with Crippen molar-refractivity contribution in [3.05, 3.63) is 46.7 Å². The molecule has 1 aliphatic heterocycles. The quantitative estimate of drug-likeness (QED) is 0.914. The van der Waals surface area contributed by atoms with Gasteiger partial charge in [-0.1, -0.05) is 0 Å². The van der Waals surface area contributed by atoms with E-state index in [9.17, 15) is 9.18 Å². The smallest absolute Gasteiger partial charge is 0.257 e. The van der Waals surface area contributed by atoms with Crippen molar-refractivity contribution in [2.75, 3.05) is 11.9 Å². The van der Waals surface area contributed by atoms with Crippen molar-refractivity contribution in [2.45, 2.75) is 18.9 Å². The molecule has 2 aromatic rings. The van der Waals surface area contributed by atoms with Gasteiger partial charge in [0, 0.05) is 10.9 Å². The van der Waals surface area contributed by atoms with E-state index in [0.29, 0.717) is 16.7 Å². The molecule has 1 amide bonds. The Balaban J connectivity index is 1.68. The average Bonchev–Trinajstić information content (AvgIpc) is 3.09. The summed E-state index contributed by atoms with van der Waals surface area (Å²) in [6.07, 6.45) is 2.23. The predicted octanol–water partition coefficient (Wildman–Crippen LogP) is 2.96. The first-order valence-electron chi connectivity index (χ1n) is 6.48. The molecule has 1 aromatic heterocycles. The molecule has 1 aliphatic rings. The SMILES string of the molecule is O=C(Nc1nc([C@@H]2CCCN2)cs1)c1ccc(F)cc1. The van der Waals surface area contributed by atoms with Crippen LogP contribution in [0.25, 0.3) is 0 Å². The fourth-order valence-electron chi connectivity index (χ4n) is 2.21. The van der Waals surface area contributed by atoms with E-state index in [2.05, 4.69) is 15.6 Å². The van der Waals surface area contributed by atoms with Crippen molar-refractivity contribution < 1.29 is 9.18 Å². The van der Waals surface area contributed by atoms with Crippen LogP contribution < -0.4 is 10.6 Å². The van der Waals surface area contributed by atoms with Crippen LogP contribution >= 0.6 is 11.3 Å². The number of carbonyl (C=O) groups excluding carboxylic acids is 1. The van der Waals surface area contributed by atoms with Crippen LogP contribution in [0, 0.1) is 5.82 Å². The third kappa shape index (κ3) is 2.86. The zero-order valence-corrected chi connectivity index (χ0v) is 11.5. The molecule has 1 saturated heterocycles. The molecule has 6 heteroatoms. The van der Waals surface area contributed by atoms with Gasteiger partial charge in [-0.2, -0.15) is 0 Å². The molecule has 0 spiro atoms.